The van der Waals surface area contributed by atoms with Crippen LogP contribution in [0.3, 0.4) is 0 Å². The van der Waals surface area contributed by atoms with E-state index in [-0.39, 0.29) is 5.91 Å². The van der Waals surface area contributed by atoms with E-state index in [1.807, 2.05) is 30.3 Å². The molecular weight excluding hydrogens is 314 g/mol. The highest BCUT2D eigenvalue weighted by Gasteiger charge is 2.12. The Balaban J connectivity index is 1.45. The first kappa shape index (κ1) is 17.3. The molecule has 1 amide bonds. The van der Waals surface area contributed by atoms with Crippen molar-refractivity contribution in [3.05, 3.63) is 59.2 Å². The van der Waals surface area contributed by atoms with Crippen molar-refractivity contribution >= 4 is 5.91 Å². The number of amides is 1. The van der Waals surface area contributed by atoms with Crippen LogP contribution in [-0.2, 0) is 24.1 Å². The van der Waals surface area contributed by atoms with E-state index in [4.69, 9.17) is 9.47 Å². The summed E-state index contributed by atoms with van der Waals surface area (Å²) in [4.78, 5) is 12.1. The molecule has 0 radical (unpaired) electrons. The Morgan fingerprint density at radius 1 is 1.20 bits per heavy atom. The average Bonchev–Trinajstić information content (AvgIpc) is 3.08. The monoisotopic (exact) mass is 339 g/mol. The van der Waals surface area contributed by atoms with Crippen LogP contribution in [0.5, 0.6) is 11.5 Å². The van der Waals surface area contributed by atoms with Gasteiger partial charge in [-0.25, -0.2) is 0 Å². The number of hydrogen-bond donors (Lipinski definition) is 1. The number of carbonyl (C=O) groups is 1. The van der Waals surface area contributed by atoms with Crippen LogP contribution in [0.15, 0.2) is 42.5 Å². The summed E-state index contributed by atoms with van der Waals surface area (Å²) in [7, 11) is 0. The smallest absolute Gasteiger partial charge is 0.224 e. The van der Waals surface area contributed by atoms with E-state index >= 15 is 0 Å². The lowest BCUT2D eigenvalue weighted by atomic mass is 10.1. The number of nitrogens with one attached hydrogen (secondary N) is 1. The van der Waals surface area contributed by atoms with Crippen molar-refractivity contribution in [3.63, 3.8) is 0 Å². The molecule has 0 fully saturated rings. The summed E-state index contributed by atoms with van der Waals surface area (Å²) in [6.45, 7) is 4.19. The molecule has 0 saturated heterocycles. The van der Waals surface area contributed by atoms with Gasteiger partial charge in [0.15, 0.2) is 0 Å². The maximum absolute atomic E-state index is 12.1. The first-order chi connectivity index (χ1) is 12.2. The number of benzene rings is 2. The van der Waals surface area contributed by atoms with Gasteiger partial charge in [-0.15, -0.1) is 0 Å². The second-order valence-corrected chi connectivity index (χ2v) is 6.31. The quantitative estimate of drug-likeness (QED) is 0.803. The third-order valence-corrected chi connectivity index (χ3v) is 4.23. The lowest BCUT2D eigenvalue weighted by Gasteiger charge is -2.08. The molecule has 1 N–H and O–H groups in total. The van der Waals surface area contributed by atoms with Crippen molar-refractivity contribution in [1.29, 1.82) is 0 Å². The van der Waals surface area contributed by atoms with Crippen LogP contribution >= 0.6 is 0 Å². The average molecular weight is 339 g/mol. The number of carbonyl (C=O) groups excluding carboxylic acids is 1. The predicted octanol–water partition coefficient (Wildman–Crippen LogP) is 3.31. The second-order valence-electron chi connectivity index (χ2n) is 6.31. The molecule has 1 heterocycles. The van der Waals surface area contributed by atoms with Gasteiger partial charge >= 0.3 is 0 Å². The molecule has 0 aromatic heterocycles. The maximum atomic E-state index is 12.1. The molecule has 3 rings (SSSR count). The van der Waals surface area contributed by atoms with Crippen molar-refractivity contribution in [2.45, 2.75) is 32.6 Å². The first-order valence-electron chi connectivity index (χ1n) is 8.97. The number of fused-ring (bicyclic) bond motifs is 1. The molecule has 0 unspecified atom stereocenters. The zero-order valence-electron chi connectivity index (χ0n) is 14.7. The van der Waals surface area contributed by atoms with Gasteiger partial charge in [-0.3, -0.25) is 4.79 Å². The Kier molecular flexibility index (Phi) is 5.94. The normalized spacial score (nSPS) is 12.4. The van der Waals surface area contributed by atoms with E-state index in [0.717, 1.165) is 42.9 Å². The molecule has 0 bridgehead atoms. The summed E-state index contributed by atoms with van der Waals surface area (Å²) in [6, 6.07) is 14.0. The van der Waals surface area contributed by atoms with Crippen molar-refractivity contribution < 1.29 is 14.3 Å². The predicted molar refractivity (Wildman–Crippen MR) is 98.3 cm³/mol. The van der Waals surface area contributed by atoms with Crippen LogP contribution in [0.1, 0.15) is 30.0 Å². The summed E-state index contributed by atoms with van der Waals surface area (Å²) in [5.41, 5.74) is 3.48. The van der Waals surface area contributed by atoms with Gasteiger partial charge < -0.3 is 14.8 Å². The van der Waals surface area contributed by atoms with E-state index in [0.29, 0.717) is 19.6 Å². The standard InChI is InChI=1S/C21H25NO3/c1-2-11-24-19-5-3-4-17(14-19)15-21(23)22-10-8-16-6-7-20-18(13-16)9-12-25-20/h3-7,13-14H,2,8-12,15H2,1H3,(H,22,23). The highest BCUT2D eigenvalue weighted by Crippen LogP contribution is 2.25. The molecule has 1 aliphatic rings. The van der Waals surface area contributed by atoms with Crippen molar-refractivity contribution in [3.8, 4) is 11.5 Å². The molecule has 4 heteroatoms. The Morgan fingerprint density at radius 3 is 3.00 bits per heavy atom. The number of ether oxygens (including phenoxy) is 2. The summed E-state index contributed by atoms with van der Waals surface area (Å²) in [6.07, 6.45) is 3.16. The van der Waals surface area contributed by atoms with E-state index in [2.05, 4.69) is 24.4 Å². The van der Waals surface area contributed by atoms with Crippen molar-refractivity contribution in [2.24, 2.45) is 0 Å². The Morgan fingerprint density at radius 2 is 2.12 bits per heavy atom. The Labute approximate surface area is 149 Å². The topological polar surface area (TPSA) is 47.6 Å². The van der Waals surface area contributed by atoms with Crippen LogP contribution in [-0.4, -0.2) is 25.7 Å². The number of rotatable bonds is 8. The second kappa shape index (κ2) is 8.56. The highest BCUT2D eigenvalue weighted by molar-refractivity contribution is 5.78. The highest BCUT2D eigenvalue weighted by atomic mass is 16.5. The lowest BCUT2D eigenvalue weighted by molar-refractivity contribution is -0.120. The van der Waals surface area contributed by atoms with Gasteiger partial charge in [-0.05, 0) is 47.7 Å². The zero-order chi connectivity index (χ0) is 17.5. The van der Waals surface area contributed by atoms with Crippen LogP contribution in [0.25, 0.3) is 0 Å². The molecule has 0 atom stereocenters. The van der Waals surface area contributed by atoms with Gasteiger partial charge in [0.05, 0.1) is 19.6 Å². The van der Waals surface area contributed by atoms with Crippen molar-refractivity contribution in [1.82, 2.24) is 5.32 Å². The summed E-state index contributed by atoms with van der Waals surface area (Å²) >= 11 is 0. The van der Waals surface area contributed by atoms with E-state index in [1.165, 1.54) is 11.1 Å². The summed E-state index contributed by atoms with van der Waals surface area (Å²) in [5.74, 6) is 1.86. The summed E-state index contributed by atoms with van der Waals surface area (Å²) < 4.78 is 11.1. The molecule has 0 spiro atoms. The minimum atomic E-state index is 0.0390. The molecule has 25 heavy (non-hydrogen) atoms. The molecule has 2 aromatic carbocycles. The molecule has 2 aromatic rings. The fourth-order valence-corrected chi connectivity index (χ4v) is 2.95. The van der Waals surface area contributed by atoms with Gasteiger partial charge in [0, 0.05) is 13.0 Å². The number of hydrogen-bond acceptors (Lipinski definition) is 3. The van der Waals surface area contributed by atoms with E-state index in [9.17, 15) is 4.79 Å². The fraction of sp³-hybridized carbons (Fsp3) is 0.381. The van der Waals surface area contributed by atoms with Gasteiger partial charge in [-0.1, -0.05) is 31.2 Å². The molecule has 1 aliphatic heterocycles. The Bertz CT molecular complexity index is 727. The minimum absolute atomic E-state index is 0.0390. The molecule has 4 nitrogen and oxygen atoms in total. The van der Waals surface area contributed by atoms with Crippen LogP contribution in [0, 0.1) is 0 Å². The SMILES string of the molecule is CCCOc1cccc(CC(=O)NCCc2ccc3c(c2)CCO3)c1. The fourth-order valence-electron chi connectivity index (χ4n) is 2.95. The van der Waals surface area contributed by atoms with Gasteiger partial charge in [0.25, 0.3) is 0 Å². The Hall–Kier alpha value is -2.49. The summed E-state index contributed by atoms with van der Waals surface area (Å²) in [5, 5.41) is 3.00. The van der Waals surface area contributed by atoms with Gasteiger partial charge in [0.2, 0.25) is 5.91 Å². The largest absolute Gasteiger partial charge is 0.494 e. The molecule has 0 aliphatic carbocycles. The first-order valence-corrected chi connectivity index (χ1v) is 8.97. The third-order valence-electron chi connectivity index (χ3n) is 4.23. The van der Waals surface area contributed by atoms with Crippen LogP contribution < -0.4 is 14.8 Å². The van der Waals surface area contributed by atoms with Gasteiger partial charge in [0.1, 0.15) is 11.5 Å². The lowest BCUT2D eigenvalue weighted by Crippen LogP contribution is -2.27. The zero-order valence-corrected chi connectivity index (χ0v) is 14.7. The third kappa shape index (κ3) is 4.99. The molecule has 0 saturated carbocycles. The minimum Gasteiger partial charge on any atom is -0.494 e. The maximum Gasteiger partial charge on any atom is 0.224 e. The van der Waals surface area contributed by atoms with E-state index in [1.54, 1.807) is 0 Å². The van der Waals surface area contributed by atoms with E-state index < -0.39 is 0 Å². The van der Waals surface area contributed by atoms with Crippen LogP contribution in [0.2, 0.25) is 0 Å². The van der Waals surface area contributed by atoms with Gasteiger partial charge in [-0.2, -0.15) is 0 Å². The van der Waals surface area contributed by atoms with Crippen molar-refractivity contribution in [2.75, 3.05) is 19.8 Å². The molecule has 132 valence electrons. The van der Waals surface area contributed by atoms with Crippen LogP contribution in [0.4, 0.5) is 0 Å². The molecular formula is C21H25NO3.